The van der Waals surface area contributed by atoms with Gasteiger partial charge < -0.3 is 9.84 Å². The number of Topliss-reactive ketones (excluding diaryl/α,β-unsaturated/α-hetero) is 1. The molecule has 3 fully saturated rings. The Hall–Kier alpha value is -1.49. The van der Waals surface area contributed by atoms with E-state index in [9.17, 15) is 19.5 Å². The fourth-order valence-electron chi connectivity index (χ4n) is 7.76. The molecule has 0 aromatic carbocycles. The number of hydrogen-bond acceptors (Lipinski definition) is 5. The molecule has 0 aromatic heterocycles. The summed E-state index contributed by atoms with van der Waals surface area (Å²) in [7, 11) is 0. The number of hydrogen-bond donors (Lipinski definition) is 1. The maximum atomic E-state index is 12.9. The van der Waals surface area contributed by atoms with Gasteiger partial charge in [0, 0.05) is 18.3 Å². The molecule has 0 spiro atoms. The Bertz CT molecular complexity index is 784. The SMILES string of the molecule is CCC(=O)O[C@@]1(C(C)=O)CC[C@H]2[C@@H]3CCC4=CC(=O)CC[C@]4(C)[C@H]3[C@@H](O)C[C@@]21C. The standard InChI is InChI=1S/C24H34O5/c1-5-20(28)29-24(14(2)25)11-9-18-17-7-6-15-12-16(26)8-10-22(15,3)21(17)19(27)13-23(18,24)4/h12,17-19,21,27H,5-11,13H2,1-4H3/t17-,18-,19-,21+,22-,23-,24+/m0/s1. The highest BCUT2D eigenvalue weighted by Crippen LogP contribution is 2.68. The van der Waals surface area contributed by atoms with Gasteiger partial charge in [0.15, 0.2) is 17.2 Å². The fourth-order valence-corrected chi connectivity index (χ4v) is 7.76. The van der Waals surface area contributed by atoms with Crippen LogP contribution in [0.25, 0.3) is 0 Å². The highest BCUT2D eigenvalue weighted by molar-refractivity contribution is 5.92. The third kappa shape index (κ3) is 2.72. The molecule has 4 aliphatic carbocycles. The quantitative estimate of drug-likeness (QED) is 0.727. The van der Waals surface area contributed by atoms with E-state index in [1.165, 1.54) is 12.5 Å². The molecule has 0 aromatic rings. The van der Waals surface area contributed by atoms with Crippen LogP contribution in [0.15, 0.2) is 11.6 Å². The summed E-state index contributed by atoms with van der Waals surface area (Å²) in [5.41, 5.74) is -0.632. The number of aliphatic hydroxyl groups is 1. The molecule has 29 heavy (non-hydrogen) atoms. The van der Waals surface area contributed by atoms with Gasteiger partial charge in [-0.15, -0.1) is 0 Å². The number of rotatable bonds is 3. The molecule has 0 aliphatic heterocycles. The molecule has 0 unspecified atom stereocenters. The molecular weight excluding hydrogens is 368 g/mol. The van der Waals surface area contributed by atoms with E-state index >= 15 is 0 Å². The summed E-state index contributed by atoms with van der Waals surface area (Å²) in [6.45, 7) is 7.56. The van der Waals surface area contributed by atoms with Crippen molar-refractivity contribution in [2.75, 3.05) is 0 Å². The molecule has 1 N–H and O–H groups in total. The van der Waals surface area contributed by atoms with Gasteiger partial charge in [-0.05, 0) is 74.7 Å². The molecule has 0 amide bonds. The highest BCUT2D eigenvalue weighted by Gasteiger charge is 2.69. The molecule has 160 valence electrons. The molecule has 0 saturated heterocycles. The van der Waals surface area contributed by atoms with Gasteiger partial charge in [0.1, 0.15) is 0 Å². The number of allylic oxidation sites excluding steroid dienone is 1. The van der Waals surface area contributed by atoms with E-state index in [1.807, 2.05) is 6.08 Å². The van der Waals surface area contributed by atoms with Gasteiger partial charge in [-0.25, -0.2) is 0 Å². The van der Waals surface area contributed by atoms with Crippen molar-refractivity contribution in [3.8, 4) is 0 Å². The summed E-state index contributed by atoms with van der Waals surface area (Å²) in [5, 5.41) is 11.4. The van der Waals surface area contributed by atoms with Crippen molar-refractivity contribution in [1.29, 1.82) is 0 Å². The smallest absolute Gasteiger partial charge is 0.306 e. The molecule has 0 radical (unpaired) electrons. The zero-order valence-electron chi connectivity index (χ0n) is 18.1. The zero-order chi connectivity index (χ0) is 21.2. The Balaban J connectivity index is 1.74. The average molecular weight is 403 g/mol. The van der Waals surface area contributed by atoms with E-state index < -0.39 is 17.1 Å². The second-order valence-corrected chi connectivity index (χ2v) is 10.3. The van der Waals surface area contributed by atoms with Crippen molar-refractivity contribution < 1.29 is 24.2 Å². The van der Waals surface area contributed by atoms with Crippen LogP contribution in [-0.2, 0) is 19.1 Å². The molecule has 5 heteroatoms. The van der Waals surface area contributed by atoms with Gasteiger partial charge >= 0.3 is 5.97 Å². The lowest BCUT2D eigenvalue weighted by molar-refractivity contribution is -0.200. The highest BCUT2D eigenvalue weighted by atomic mass is 16.6. The van der Waals surface area contributed by atoms with Gasteiger partial charge in [0.25, 0.3) is 0 Å². The van der Waals surface area contributed by atoms with Crippen LogP contribution in [0.1, 0.15) is 79.1 Å². The molecule has 0 heterocycles. The van der Waals surface area contributed by atoms with Gasteiger partial charge in [-0.1, -0.05) is 26.3 Å². The van der Waals surface area contributed by atoms with Crippen molar-refractivity contribution in [3.05, 3.63) is 11.6 Å². The van der Waals surface area contributed by atoms with Crippen LogP contribution < -0.4 is 0 Å². The topological polar surface area (TPSA) is 80.7 Å². The zero-order valence-corrected chi connectivity index (χ0v) is 18.1. The summed E-state index contributed by atoms with van der Waals surface area (Å²) < 4.78 is 5.90. The van der Waals surface area contributed by atoms with Crippen LogP contribution in [0.3, 0.4) is 0 Å². The first kappa shape index (κ1) is 20.8. The number of carbonyl (C=O) groups excluding carboxylic acids is 3. The summed E-state index contributed by atoms with van der Waals surface area (Å²) in [5.74, 6) is 0.375. The van der Waals surface area contributed by atoms with Crippen molar-refractivity contribution in [1.82, 2.24) is 0 Å². The number of aliphatic hydroxyl groups excluding tert-OH is 1. The Morgan fingerprint density at radius 1 is 1.21 bits per heavy atom. The van der Waals surface area contributed by atoms with Crippen LogP contribution in [0, 0.1) is 28.6 Å². The number of fused-ring (bicyclic) bond motifs is 5. The minimum atomic E-state index is -1.13. The molecule has 7 atom stereocenters. The maximum Gasteiger partial charge on any atom is 0.306 e. The van der Waals surface area contributed by atoms with Gasteiger partial charge in [-0.3, -0.25) is 14.4 Å². The molecule has 5 nitrogen and oxygen atoms in total. The minimum absolute atomic E-state index is 0.0957. The molecular formula is C24H34O5. The number of carbonyl (C=O) groups is 3. The fraction of sp³-hybridized carbons (Fsp3) is 0.792. The number of esters is 1. The van der Waals surface area contributed by atoms with Crippen LogP contribution in [0.4, 0.5) is 0 Å². The second-order valence-electron chi connectivity index (χ2n) is 10.3. The first-order chi connectivity index (χ1) is 13.6. The minimum Gasteiger partial charge on any atom is -0.450 e. The normalized spacial score (nSPS) is 46.2. The third-order valence-corrected chi connectivity index (χ3v) is 9.16. The monoisotopic (exact) mass is 402 g/mol. The summed E-state index contributed by atoms with van der Waals surface area (Å²) in [6.07, 6.45) is 6.50. The average Bonchev–Trinajstić information content (AvgIpc) is 2.94. The maximum absolute atomic E-state index is 12.9. The number of ketones is 2. The molecule has 4 aliphatic rings. The van der Waals surface area contributed by atoms with E-state index in [1.54, 1.807) is 6.92 Å². The lowest BCUT2D eigenvalue weighted by atomic mass is 9.45. The van der Waals surface area contributed by atoms with Crippen molar-refractivity contribution in [2.24, 2.45) is 28.6 Å². The lowest BCUT2D eigenvalue weighted by Crippen LogP contribution is -2.62. The largest absolute Gasteiger partial charge is 0.450 e. The van der Waals surface area contributed by atoms with Crippen LogP contribution >= 0.6 is 0 Å². The number of ether oxygens (including phenoxy) is 1. The van der Waals surface area contributed by atoms with E-state index in [0.29, 0.717) is 19.3 Å². The Kier molecular flexibility index (Phi) is 4.84. The Labute approximate surface area is 173 Å². The lowest BCUT2D eigenvalue weighted by Gasteiger charge is -2.60. The summed E-state index contributed by atoms with van der Waals surface area (Å²) >= 11 is 0. The third-order valence-electron chi connectivity index (χ3n) is 9.16. The van der Waals surface area contributed by atoms with Crippen LogP contribution in [0.5, 0.6) is 0 Å². The van der Waals surface area contributed by atoms with Gasteiger partial charge in [-0.2, -0.15) is 0 Å². The van der Waals surface area contributed by atoms with Gasteiger partial charge in [0.2, 0.25) is 0 Å². The first-order valence-corrected chi connectivity index (χ1v) is 11.2. The molecule has 0 bridgehead atoms. The van der Waals surface area contributed by atoms with E-state index in [0.717, 1.165) is 25.7 Å². The summed E-state index contributed by atoms with van der Waals surface area (Å²) in [4.78, 5) is 37.1. The molecule has 3 saturated carbocycles. The summed E-state index contributed by atoms with van der Waals surface area (Å²) in [6, 6.07) is 0. The van der Waals surface area contributed by atoms with Crippen molar-refractivity contribution in [2.45, 2.75) is 90.8 Å². The van der Waals surface area contributed by atoms with Crippen molar-refractivity contribution >= 4 is 17.5 Å². The van der Waals surface area contributed by atoms with E-state index in [4.69, 9.17) is 4.74 Å². The second kappa shape index (κ2) is 6.76. The first-order valence-electron chi connectivity index (χ1n) is 11.2. The Morgan fingerprint density at radius 3 is 2.59 bits per heavy atom. The predicted octanol–water partition coefficient (Wildman–Crippen LogP) is 3.77. The van der Waals surface area contributed by atoms with Crippen molar-refractivity contribution in [3.63, 3.8) is 0 Å². The van der Waals surface area contributed by atoms with E-state index in [2.05, 4.69) is 13.8 Å². The predicted molar refractivity (Wildman–Crippen MR) is 108 cm³/mol. The Morgan fingerprint density at radius 2 is 1.93 bits per heavy atom. The van der Waals surface area contributed by atoms with Gasteiger partial charge in [0.05, 0.1) is 6.10 Å². The van der Waals surface area contributed by atoms with E-state index in [-0.39, 0.29) is 47.1 Å². The molecule has 4 rings (SSSR count). The van der Waals surface area contributed by atoms with Crippen LogP contribution in [0.2, 0.25) is 0 Å². The van der Waals surface area contributed by atoms with Crippen LogP contribution in [-0.4, -0.2) is 34.3 Å².